The number of hydrogen-bond donors (Lipinski definition) is 1. The van der Waals surface area contributed by atoms with Gasteiger partial charge < -0.3 is 14.8 Å². The van der Waals surface area contributed by atoms with Gasteiger partial charge in [-0.2, -0.15) is 0 Å². The minimum Gasteiger partial charge on any atom is -0.454 e. The van der Waals surface area contributed by atoms with Gasteiger partial charge in [-0.25, -0.2) is 4.39 Å². The second kappa shape index (κ2) is 5.73. The number of amides is 1. The maximum Gasteiger partial charge on any atom is 0.251 e. The molecule has 0 aromatic heterocycles. The number of halogens is 2. The van der Waals surface area contributed by atoms with Gasteiger partial charge in [0.2, 0.25) is 6.79 Å². The molecule has 1 N–H and O–H groups in total. The molecule has 0 aliphatic carbocycles. The van der Waals surface area contributed by atoms with E-state index in [1.54, 1.807) is 30.3 Å². The largest absolute Gasteiger partial charge is 0.454 e. The standard InChI is InChI=1S/C15H11BrFNO3/c16-11-2-3-12(17)10(5-11)7-18-15(19)9-1-4-13-14(6-9)21-8-20-13/h1-6H,7-8H2,(H,18,19). The lowest BCUT2D eigenvalue weighted by atomic mass is 10.1. The highest BCUT2D eigenvalue weighted by molar-refractivity contribution is 9.10. The van der Waals surface area contributed by atoms with Crippen molar-refractivity contribution >= 4 is 21.8 Å². The highest BCUT2D eigenvalue weighted by Crippen LogP contribution is 2.32. The molecule has 0 saturated carbocycles. The molecule has 1 aliphatic rings. The maximum absolute atomic E-state index is 13.6. The fourth-order valence-corrected chi connectivity index (χ4v) is 2.40. The Morgan fingerprint density at radius 2 is 2.00 bits per heavy atom. The lowest BCUT2D eigenvalue weighted by Crippen LogP contribution is -2.23. The van der Waals surface area contributed by atoms with Crippen LogP contribution in [-0.2, 0) is 6.54 Å². The normalized spacial score (nSPS) is 12.3. The van der Waals surface area contributed by atoms with E-state index >= 15 is 0 Å². The zero-order valence-corrected chi connectivity index (χ0v) is 12.4. The van der Waals surface area contributed by atoms with Crippen LogP contribution in [0.2, 0.25) is 0 Å². The maximum atomic E-state index is 13.6. The van der Waals surface area contributed by atoms with Crippen molar-refractivity contribution in [1.29, 1.82) is 0 Å². The Morgan fingerprint density at radius 1 is 1.19 bits per heavy atom. The van der Waals surface area contributed by atoms with Crippen LogP contribution >= 0.6 is 15.9 Å². The van der Waals surface area contributed by atoms with Gasteiger partial charge in [-0.3, -0.25) is 4.79 Å². The monoisotopic (exact) mass is 351 g/mol. The smallest absolute Gasteiger partial charge is 0.251 e. The zero-order valence-electron chi connectivity index (χ0n) is 10.9. The quantitative estimate of drug-likeness (QED) is 0.923. The summed E-state index contributed by atoms with van der Waals surface area (Å²) in [4.78, 5) is 12.1. The molecule has 1 heterocycles. The van der Waals surface area contributed by atoms with E-state index in [-0.39, 0.29) is 25.1 Å². The summed E-state index contributed by atoms with van der Waals surface area (Å²) >= 11 is 3.27. The van der Waals surface area contributed by atoms with Crippen molar-refractivity contribution in [2.24, 2.45) is 0 Å². The van der Waals surface area contributed by atoms with Crippen molar-refractivity contribution in [3.63, 3.8) is 0 Å². The van der Waals surface area contributed by atoms with Crippen LogP contribution in [0.1, 0.15) is 15.9 Å². The highest BCUT2D eigenvalue weighted by Gasteiger charge is 2.16. The van der Waals surface area contributed by atoms with Crippen LogP contribution < -0.4 is 14.8 Å². The predicted molar refractivity (Wildman–Crippen MR) is 77.8 cm³/mol. The molecule has 4 nitrogen and oxygen atoms in total. The molecule has 1 amide bonds. The molecule has 3 rings (SSSR count). The Bertz CT molecular complexity index is 705. The molecule has 0 spiro atoms. The summed E-state index contributed by atoms with van der Waals surface area (Å²) in [6.45, 7) is 0.266. The summed E-state index contributed by atoms with van der Waals surface area (Å²) in [6.07, 6.45) is 0. The predicted octanol–water partition coefficient (Wildman–Crippen LogP) is 3.25. The van der Waals surface area contributed by atoms with E-state index in [9.17, 15) is 9.18 Å². The van der Waals surface area contributed by atoms with E-state index in [2.05, 4.69) is 21.2 Å². The van der Waals surface area contributed by atoms with Crippen LogP contribution in [0, 0.1) is 5.82 Å². The lowest BCUT2D eigenvalue weighted by molar-refractivity contribution is 0.0950. The first-order chi connectivity index (χ1) is 10.1. The number of carbonyl (C=O) groups excluding carboxylic acids is 1. The molecular weight excluding hydrogens is 341 g/mol. The summed E-state index contributed by atoms with van der Waals surface area (Å²) in [5, 5.41) is 2.68. The molecular formula is C15H11BrFNO3. The molecule has 6 heteroatoms. The van der Waals surface area contributed by atoms with Gasteiger partial charge in [0.15, 0.2) is 11.5 Å². The lowest BCUT2D eigenvalue weighted by Gasteiger charge is -2.07. The first-order valence-corrected chi connectivity index (χ1v) is 7.04. The molecule has 0 bridgehead atoms. The molecule has 1 aliphatic heterocycles. The van der Waals surface area contributed by atoms with Gasteiger partial charge in [-0.15, -0.1) is 0 Å². The molecule has 21 heavy (non-hydrogen) atoms. The Labute approximate surface area is 129 Å². The Balaban J connectivity index is 1.70. The number of rotatable bonds is 3. The van der Waals surface area contributed by atoms with Gasteiger partial charge in [0.1, 0.15) is 5.82 Å². The van der Waals surface area contributed by atoms with E-state index in [1.807, 2.05) is 0 Å². The van der Waals surface area contributed by atoms with E-state index in [4.69, 9.17) is 9.47 Å². The minimum absolute atomic E-state index is 0.110. The van der Waals surface area contributed by atoms with E-state index in [0.717, 1.165) is 4.47 Å². The van der Waals surface area contributed by atoms with E-state index < -0.39 is 0 Å². The molecule has 0 atom stereocenters. The van der Waals surface area contributed by atoms with Gasteiger partial charge in [0.25, 0.3) is 5.91 Å². The number of hydrogen-bond acceptors (Lipinski definition) is 3. The number of fused-ring (bicyclic) bond motifs is 1. The van der Waals surface area contributed by atoms with Crippen molar-refractivity contribution in [2.75, 3.05) is 6.79 Å². The van der Waals surface area contributed by atoms with Crippen molar-refractivity contribution in [1.82, 2.24) is 5.32 Å². The number of carbonyl (C=O) groups is 1. The average molecular weight is 352 g/mol. The summed E-state index contributed by atoms with van der Waals surface area (Å²) in [5.41, 5.74) is 0.855. The summed E-state index contributed by atoms with van der Waals surface area (Å²) in [7, 11) is 0. The van der Waals surface area contributed by atoms with Crippen LogP contribution in [0.5, 0.6) is 11.5 Å². The van der Waals surface area contributed by atoms with Crippen LogP contribution in [0.4, 0.5) is 4.39 Å². The third-order valence-corrected chi connectivity index (χ3v) is 3.58. The average Bonchev–Trinajstić information content (AvgIpc) is 2.95. The van der Waals surface area contributed by atoms with Crippen molar-refractivity contribution < 1.29 is 18.7 Å². The summed E-state index contributed by atoms with van der Waals surface area (Å²) in [5.74, 6) is 0.498. The van der Waals surface area contributed by atoms with E-state index in [1.165, 1.54) is 6.07 Å². The summed E-state index contributed by atoms with van der Waals surface area (Å²) < 4.78 is 24.8. The topological polar surface area (TPSA) is 47.6 Å². The number of benzene rings is 2. The highest BCUT2D eigenvalue weighted by atomic mass is 79.9. The fraction of sp³-hybridized carbons (Fsp3) is 0.133. The first kappa shape index (κ1) is 13.9. The van der Waals surface area contributed by atoms with E-state index in [0.29, 0.717) is 22.6 Å². The van der Waals surface area contributed by atoms with Crippen LogP contribution in [0.15, 0.2) is 40.9 Å². The van der Waals surface area contributed by atoms with Gasteiger partial charge in [0, 0.05) is 22.1 Å². The van der Waals surface area contributed by atoms with Crippen molar-refractivity contribution in [3.05, 3.63) is 57.8 Å². The number of nitrogens with one attached hydrogen (secondary N) is 1. The number of ether oxygens (including phenoxy) is 2. The molecule has 2 aromatic rings. The molecule has 0 fully saturated rings. The van der Waals surface area contributed by atoms with Gasteiger partial charge in [-0.05, 0) is 36.4 Å². The molecule has 108 valence electrons. The minimum atomic E-state index is -0.357. The second-order valence-corrected chi connectivity index (χ2v) is 5.40. The fourth-order valence-electron chi connectivity index (χ4n) is 1.99. The molecule has 0 saturated heterocycles. The van der Waals surface area contributed by atoms with Crippen molar-refractivity contribution in [3.8, 4) is 11.5 Å². The Kier molecular flexibility index (Phi) is 3.79. The van der Waals surface area contributed by atoms with Crippen LogP contribution in [0.25, 0.3) is 0 Å². The van der Waals surface area contributed by atoms with Gasteiger partial charge >= 0.3 is 0 Å². The van der Waals surface area contributed by atoms with Crippen molar-refractivity contribution in [2.45, 2.75) is 6.54 Å². The third-order valence-electron chi connectivity index (χ3n) is 3.08. The van der Waals surface area contributed by atoms with Crippen LogP contribution in [-0.4, -0.2) is 12.7 Å². The zero-order chi connectivity index (χ0) is 14.8. The molecule has 0 radical (unpaired) electrons. The molecule has 0 unspecified atom stereocenters. The Hall–Kier alpha value is -2.08. The SMILES string of the molecule is O=C(NCc1cc(Br)ccc1F)c1ccc2c(c1)OCO2. The Morgan fingerprint density at radius 3 is 2.86 bits per heavy atom. The summed E-state index contributed by atoms with van der Waals surface area (Å²) in [6, 6.07) is 9.52. The van der Waals surface area contributed by atoms with Gasteiger partial charge in [-0.1, -0.05) is 15.9 Å². The van der Waals surface area contributed by atoms with Gasteiger partial charge in [0.05, 0.1) is 0 Å². The second-order valence-electron chi connectivity index (χ2n) is 4.49. The van der Waals surface area contributed by atoms with Crippen LogP contribution in [0.3, 0.4) is 0 Å². The third kappa shape index (κ3) is 3.00. The molecule has 2 aromatic carbocycles. The first-order valence-electron chi connectivity index (χ1n) is 6.25.